The van der Waals surface area contributed by atoms with Crippen LogP contribution in [0, 0.1) is 0 Å². The maximum atomic E-state index is 11.5. The third-order valence-corrected chi connectivity index (χ3v) is 2.26. The summed E-state index contributed by atoms with van der Waals surface area (Å²) in [5.74, 6) is 0. The van der Waals surface area contributed by atoms with Gasteiger partial charge in [-0.05, 0) is 0 Å². The fourth-order valence-electron chi connectivity index (χ4n) is 1.37. The van der Waals surface area contributed by atoms with Crippen LogP contribution >= 0.6 is 0 Å². The first-order chi connectivity index (χ1) is 7.84. The molecule has 0 aromatic heterocycles. The second-order valence-corrected chi connectivity index (χ2v) is 3.46. The number of rotatable bonds is 6. The van der Waals surface area contributed by atoms with Crippen molar-refractivity contribution in [1.29, 1.82) is 0 Å². The van der Waals surface area contributed by atoms with Crippen LogP contribution in [0.15, 0.2) is 0 Å². The first kappa shape index (κ1) is 13.2. The summed E-state index contributed by atoms with van der Waals surface area (Å²) in [7, 11) is 1.62. The molecule has 1 aliphatic heterocycles. The number of ether oxygens (including phenoxy) is 3. The van der Waals surface area contributed by atoms with Gasteiger partial charge in [-0.1, -0.05) is 0 Å². The molecular formula is C10H20N2O4. The Morgan fingerprint density at radius 3 is 2.56 bits per heavy atom. The Hall–Kier alpha value is -0.850. The lowest BCUT2D eigenvalue weighted by Gasteiger charge is -2.26. The lowest BCUT2D eigenvalue weighted by Crippen LogP contribution is -2.46. The van der Waals surface area contributed by atoms with E-state index in [2.05, 4.69) is 5.32 Å². The fourth-order valence-corrected chi connectivity index (χ4v) is 1.37. The van der Waals surface area contributed by atoms with E-state index in [-0.39, 0.29) is 6.09 Å². The molecule has 0 radical (unpaired) electrons. The summed E-state index contributed by atoms with van der Waals surface area (Å²) in [5.41, 5.74) is 0. The predicted octanol–water partition coefficient (Wildman–Crippen LogP) is -0.309. The van der Waals surface area contributed by atoms with E-state index >= 15 is 0 Å². The van der Waals surface area contributed by atoms with Gasteiger partial charge >= 0.3 is 6.09 Å². The maximum Gasteiger partial charge on any atom is 0.409 e. The number of nitrogens with zero attached hydrogens (tertiary/aromatic N) is 1. The van der Waals surface area contributed by atoms with Crippen molar-refractivity contribution in [2.45, 2.75) is 0 Å². The average Bonchev–Trinajstić information content (AvgIpc) is 2.34. The number of carbonyl (C=O) groups is 1. The summed E-state index contributed by atoms with van der Waals surface area (Å²) in [5, 5.41) is 3.17. The molecule has 6 nitrogen and oxygen atoms in total. The highest BCUT2D eigenvalue weighted by Gasteiger charge is 2.16. The highest BCUT2D eigenvalue weighted by molar-refractivity contribution is 5.67. The molecule has 1 N–H and O–H groups in total. The van der Waals surface area contributed by atoms with Crippen LogP contribution in [0.3, 0.4) is 0 Å². The van der Waals surface area contributed by atoms with Crippen molar-refractivity contribution in [2.24, 2.45) is 0 Å². The molecule has 1 rings (SSSR count). The molecule has 1 aliphatic rings. The SMILES string of the molecule is COCCOCCOC(=O)N1CCNCC1. The van der Waals surface area contributed by atoms with Gasteiger partial charge in [-0.25, -0.2) is 4.79 Å². The zero-order chi connectivity index (χ0) is 11.6. The second-order valence-electron chi connectivity index (χ2n) is 3.46. The molecule has 0 aromatic carbocycles. The molecule has 94 valence electrons. The molecule has 0 unspecified atom stereocenters. The molecule has 1 heterocycles. The van der Waals surface area contributed by atoms with Crippen molar-refractivity contribution in [2.75, 3.05) is 59.7 Å². The van der Waals surface area contributed by atoms with Crippen molar-refractivity contribution in [3.05, 3.63) is 0 Å². The Bertz CT molecular complexity index is 195. The topological polar surface area (TPSA) is 60.0 Å². The van der Waals surface area contributed by atoms with E-state index in [0.717, 1.165) is 13.1 Å². The molecule has 0 saturated carbocycles. The largest absolute Gasteiger partial charge is 0.447 e. The summed E-state index contributed by atoms with van der Waals surface area (Å²) in [4.78, 5) is 13.2. The van der Waals surface area contributed by atoms with Crippen molar-refractivity contribution in [1.82, 2.24) is 10.2 Å². The fraction of sp³-hybridized carbons (Fsp3) is 0.900. The van der Waals surface area contributed by atoms with Crippen LogP contribution < -0.4 is 5.32 Å². The second kappa shape index (κ2) is 8.32. The zero-order valence-electron chi connectivity index (χ0n) is 9.74. The molecule has 1 saturated heterocycles. The Morgan fingerprint density at radius 2 is 1.88 bits per heavy atom. The summed E-state index contributed by atoms with van der Waals surface area (Å²) >= 11 is 0. The van der Waals surface area contributed by atoms with Crippen molar-refractivity contribution < 1.29 is 19.0 Å². The molecule has 16 heavy (non-hydrogen) atoms. The van der Waals surface area contributed by atoms with Gasteiger partial charge in [0.05, 0.1) is 19.8 Å². The lowest BCUT2D eigenvalue weighted by molar-refractivity contribution is 0.0322. The van der Waals surface area contributed by atoms with Gasteiger partial charge in [0.1, 0.15) is 6.61 Å². The number of carbonyl (C=O) groups excluding carboxylic acids is 1. The van der Waals surface area contributed by atoms with E-state index in [4.69, 9.17) is 14.2 Å². The Balaban J connectivity index is 1.97. The molecule has 0 aromatic rings. The van der Waals surface area contributed by atoms with Crippen LogP contribution in [-0.2, 0) is 14.2 Å². The third-order valence-electron chi connectivity index (χ3n) is 2.26. The summed E-state index contributed by atoms with van der Waals surface area (Å²) in [6.45, 7) is 4.90. The van der Waals surface area contributed by atoms with Crippen LogP contribution in [0.2, 0.25) is 0 Å². The molecule has 0 aliphatic carbocycles. The van der Waals surface area contributed by atoms with E-state index in [0.29, 0.717) is 39.5 Å². The number of nitrogens with one attached hydrogen (secondary N) is 1. The number of piperazine rings is 1. The first-order valence-corrected chi connectivity index (χ1v) is 5.53. The van der Waals surface area contributed by atoms with Gasteiger partial charge < -0.3 is 24.4 Å². The van der Waals surface area contributed by atoms with Crippen LogP contribution in [0.5, 0.6) is 0 Å². The normalized spacial score (nSPS) is 16.2. The van der Waals surface area contributed by atoms with Gasteiger partial charge in [0.25, 0.3) is 0 Å². The van der Waals surface area contributed by atoms with Gasteiger partial charge in [0.15, 0.2) is 0 Å². The lowest BCUT2D eigenvalue weighted by atomic mass is 10.4. The van der Waals surface area contributed by atoms with E-state index < -0.39 is 0 Å². The molecular weight excluding hydrogens is 212 g/mol. The highest BCUT2D eigenvalue weighted by Crippen LogP contribution is 1.96. The van der Waals surface area contributed by atoms with Crippen molar-refractivity contribution >= 4 is 6.09 Å². The predicted molar refractivity (Wildman–Crippen MR) is 58.5 cm³/mol. The standard InChI is InChI=1S/C10H20N2O4/c1-14-6-7-15-8-9-16-10(13)12-4-2-11-3-5-12/h11H,2-9H2,1H3. The Labute approximate surface area is 95.8 Å². The molecule has 0 bridgehead atoms. The van der Waals surface area contributed by atoms with Gasteiger partial charge in [-0.3, -0.25) is 0 Å². The van der Waals surface area contributed by atoms with E-state index in [1.807, 2.05) is 0 Å². The van der Waals surface area contributed by atoms with Crippen molar-refractivity contribution in [3.8, 4) is 0 Å². The number of hydrogen-bond acceptors (Lipinski definition) is 5. The molecule has 1 fully saturated rings. The van der Waals surface area contributed by atoms with Crippen LogP contribution in [-0.4, -0.2) is 70.7 Å². The van der Waals surface area contributed by atoms with E-state index in [1.165, 1.54) is 0 Å². The van der Waals surface area contributed by atoms with Gasteiger partial charge in [-0.2, -0.15) is 0 Å². The summed E-state index contributed by atoms with van der Waals surface area (Å²) in [6, 6.07) is 0. The van der Waals surface area contributed by atoms with E-state index in [9.17, 15) is 4.79 Å². The number of methoxy groups -OCH3 is 1. The summed E-state index contributed by atoms with van der Waals surface area (Å²) in [6.07, 6.45) is -0.253. The van der Waals surface area contributed by atoms with Gasteiger partial charge in [-0.15, -0.1) is 0 Å². The molecule has 0 atom stereocenters. The summed E-state index contributed by atoms with van der Waals surface area (Å²) < 4.78 is 15.1. The number of amides is 1. The molecule has 0 spiro atoms. The Morgan fingerprint density at radius 1 is 1.19 bits per heavy atom. The molecule has 6 heteroatoms. The monoisotopic (exact) mass is 232 g/mol. The quantitative estimate of drug-likeness (QED) is 0.637. The minimum atomic E-state index is -0.253. The van der Waals surface area contributed by atoms with Crippen molar-refractivity contribution in [3.63, 3.8) is 0 Å². The first-order valence-electron chi connectivity index (χ1n) is 5.53. The minimum absolute atomic E-state index is 0.253. The van der Waals surface area contributed by atoms with E-state index in [1.54, 1.807) is 12.0 Å². The van der Waals surface area contributed by atoms with Crippen LogP contribution in [0.25, 0.3) is 0 Å². The van der Waals surface area contributed by atoms with Gasteiger partial charge in [0.2, 0.25) is 0 Å². The number of hydrogen-bond donors (Lipinski definition) is 1. The third kappa shape index (κ3) is 5.29. The molecule has 1 amide bonds. The van der Waals surface area contributed by atoms with Crippen LogP contribution in [0.1, 0.15) is 0 Å². The zero-order valence-corrected chi connectivity index (χ0v) is 9.74. The average molecular weight is 232 g/mol. The Kier molecular flexibility index (Phi) is 6.87. The van der Waals surface area contributed by atoms with Crippen LogP contribution in [0.4, 0.5) is 4.79 Å². The smallest absolute Gasteiger partial charge is 0.409 e. The highest BCUT2D eigenvalue weighted by atomic mass is 16.6. The minimum Gasteiger partial charge on any atom is -0.447 e. The van der Waals surface area contributed by atoms with Gasteiger partial charge in [0, 0.05) is 33.3 Å². The maximum absolute atomic E-state index is 11.5.